The van der Waals surface area contributed by atoms with Crippen LogP contribution in [-0.4, -0.2) is 12.8 Å². The van der Waals surface area contributed by atoms with Crippen molar-refractivity contribution in [2.24, 2.45) is 4.99 Å². The monoisotopic (exact) mass is 301 g/mol. The summed E-state index contributed by atoms with van der Waals surface area (Å²) in [5.41, 5.74) is 1.37. The highest BCUT2D eigenvalue weighted by Gasteiger charge is 2.14. The van der Waals surface area contributed by atoms with Crippen molar-refractivity contribution in [3.8, 4) is 0 Å². The normalized spacial score (nSPS) is 20.9. The number of aliphatic imine (C=N–C) groups is 1. The molecule has 1 aromatic carbocycles. The lowest BCUT2D eigenvalue weighted by atomic mass is 9.98. The van der Waals surface area contributed by atoms with Gasteiger partial charge in [0.05, 0.1) is 0 Å². The van der Waals surface area contributed by atoms with Crippen molar-refractivity contribution >= 4 is 38.1 Å². The lowest BCUT2D eigenvalue weighted by Crippen LogP contribution is -1.97. The van der Waals surface area contributed by atoms with Gasteiger partial charge >= 0.3 is 0 Å². The van der Waals surface area contributed by atoms with Crippen LogP contribution in [0.25, 0.3) is 0 Å². The summed E-state index contributed by atoms with van der Waals surface area (Å²) in [6, 6.07) is 6.41. The summed E-state index contributed by atoms with van der Waals surface area (Å²) < 4.78 is 2.23. The summed E-state index contributed by atoms with van der Waals surface area (Å²) in [7, 11) is 0. The molecule has 0 amide bonds. The standard InChI is InChI=1S/C10H9Br2N/c11-9-2-1-7(5-10(9)12)8-3-4-13-6-8/h1-2,4-5,8H,3,6H2. The second kappa shape index (κ2) is 3.93. The number of halogens is 2. The van der Waals surface area contributed by atoms with E-state index in [0.29, 0.717) is 5.92 Å². The SMILES string of the molecule is Brc1ccc(C2CC=NC2)cc1Br. The number of nitrogens with zero attached hydrogens (tertiary/aromatic N) is 1. The van der Waals surface area contributed by atoms with E-state index in [1.54, 1.807) is 0 Å². The predicted octanol–water partition coefficient (Wildman–Crippen LogP) is 3.77. The summed E-state index contributed by atoms with van der Waals surface area (Å²) >= 11 is 6.97. The quantitative estimate of drug-likeness (QED) is 0.749. The molecule has 1 atom stereocenters. The van der Waals surface area contributed by atoms with Crippen LogP contribution < -0.4 is 0 Å². The van der Waals surface area contributed by atoms with Crippen LogP contribution in [0.5, 0.6) is 0 Å². The highest BCUT2D eigenvalue weighted by atomic mass is 79.9. The van der Waals surface area contributed by atoms with Crippen LogP contribution in [0.4, 0.5) is 0 Å². The van der Waals surface area contributed by atoms with E-state index in [0.717, 1.165) is 21.9 Å². The molecule has 0 N–H and O–H groups in total. The van der Waals surface area contributed by atoms with Crippen molar-refractivity contribution in [3.05, 3.63) is 32.7 Å². The summed E-state index contributed by atoms with van der Waals surface area (Å²) in [6.45, 7) is 0.939. The molecule has 0 aromatic heterocycles. The van der Waals surface area contributed by atoms with Gasteiger partial charge in [0.15, 0.2) is 0 Å². The maximum Gasteiger partial charge on any atom is 0.0457 e. The average Bonchev–Trinajstić information content (AvgIpc) is 2.62. The van der Waals surface area contributed by atoms with E-state index in [2.05, 4.69) is 55.1 Å². The Morgan fingerprint density at radius 1 is 1.23 bits per heavy atom. The first-order chi connectivity index (χ1) is 6.27. The van der Waals surface area contributed by atoms with Crippen LogP contribution in [-0.2, 0) is 0 Å². The van der Waals surface area contributed by atoms with Gasteiger partial charge in [-0.3, -0.25) is 4.99 Å². The molecular weight excluding hydrogens is 294 g/mol. The maximum absolute atomic E-state index is 4.24. The van der Waals surface area contributed by atoms with Gasteiger partial charge in [0.25, 0.3) is 0 Å². The van der Waals surface area contributed by atoms with Gasteiger partial charge in [-0.05, 0) is 62.2 Å². The van der Waals surface area contributed by atoms with Crippen molar-refractivity contribution in [2.45, 2.75) is 12.3 Å². The zero-order valence-corrected chi connectivity index (χ0v) is 10.2. The molecule has 0 saturated carbocycles. The molecule has 13 heavy (non-hydrogen) atoms. The summed E-state index contributed by atoms with van der Waals surface area (Å²) in [4.78, 5) is 4.24. The third kappa shape index (κ3) is 2.02. The molecule has 1 unspecified atom stereocenters. The molecule has 1 aliphatic rings. The molecule has 0 aliphatic carbocycles. The topological polar surface area (TPSA) is 12.4 Å². The van der Waals surface area contributed by atoms with Crippen LogP contribution in [0.3, 0.4) is 0 Å². The first kappa shape index (κ1) is 9.41. The molecule has 0 bridgehead atoms. The Balaban J connectivity index is 2.26. The van der Waals surface area contributed by atoms with Crippen molar-refractivity contribution in [2.75, 3.05) is 6.54 Å². The fourth-order valence-corrected chi connectivity index (χ4v) is 2.13. The molecule has 0 saturated heterocycles. The molecule has 3 heteroatoms. The molecule has 68 valence electrons. The average molecular weight is 303 g/mol. The van der Waals surface area contributed by atoms with Crippen molar-refractivity contribution in [3.63, 3.8) is 0 Å². The molecule has 0 radical (unpaired) electrons. The Labute approximate surface area is 94.5 Å². The molecule has 1 heterocycles. The Morgan fingerprint density at radius 3 is 2.69 bits per heavy atom. The van der Waals surface area contributed by atoms with Gasteiger partial charge in [-0.15, -0.1) is 0 Å². The van der Waals surface area contributed by atoms with E-state index in [9.17, 15) is 0 Å². The zero-order chi connectivity index (χ0) is 9.26. The minimum atomic E-state index is 0.587. The Morgan fingerprint density at radius 2 is 2.08 bits per heavy atom. The number of hydrogen-bond donors (Lipinski definition) is 0. The van der Waals surface area contributed by atoms with Crippen molar-refractivity contribution < 1.29 is 0 Å². The van der Waals surface area contributed by atoms with E-state index in [4.69, 9.17) is 0 Å². The van der Waals surface area contributed by atoms with E-state index in [1.807, 2.05) is 6.21 Å². The first-order valence-electron chi connectivity index (χ1n) is 4.20. The van der Waals surface area contributed by atoms with Gasteiger partial charge in [0.2, 0.25) is 0 Å². The lowest BCUT2D eigenvalue weighted by Gasteiger charge is -2.09. The number of hydrogen-bond acceptors (Lipinski definition) is 1. The summed E-state index contributed by atoms with van der Waals surface area (Å²) in [6.07, 6.45) is 3.09. The van der Waals surface area contributed by atoms with Gasteiger partial charge in [-0.2, -0.15) is 0 Å². The fourth-order valence-electron chi connectivity index (χ4n) is 1.49. The highest BCUT2D eigenvalue weighted by Crippen LogP contribution is 2.29. The van der Waals surface area contributed by atoms with Crippen LogP contribution in [0.1, 0.15) is 17.9 Å². The smallest absolute Gasteiger partial charge is 0.0457 e. The maximum atomic E-state index is 4.24. The Kier molecular flexibility index (Phi) is 2.84. The molecule has 0 spiro atoms. The minimum absolute atomic E-state index is 0.587. The molecule has 1 aromatic rings. The van der Waals surface area contributed by atoms with Gasteiger partial charge in [-0.25, -0.2) is 0 Å². The Hall–Kier alpha value is -0.150. The van der Waals surface area contributed by atoms with E-state index < -0.39 is 0 Å². The first-order valence-corrected chi connectivity index (χ1v) is 5.79. The van der Waals surface area contributed by atoms with Gasteiger partial charge in [-0.1, -0.05) is 6.07 Å². The second-order valence-electron chi connectivity index (χ2n) is 3.15. The number of benzene rings is 1. The lowest BCUT2D eigenvalue weighted by molar-refractivity contribution is 0.780. The fraction of sp³-hybridized carbons (Fsp3) is 0.300. The van der Waals surface area contributed by atoms with Crippen molar-refractivity contribution in [1.82, 2.24) is 0 Å². The summed E-state index contributed by atoms with van der Waals surface area (Å²) in [5.74, 6) is 0.587. The molecular formula is C10H9Br2N. The van der Waals surface area contributed by atoms with Crippen LogP contribution in [0, 0.1) is 0 Å². The zero-order valence-electron chi connectivity index (χ0n) is 7.00. The molecule has 0 fully saturated rings. The number of rotatable bonds is 1. The van der Waals surface area contributed by atoms with Gasteiger partial charge < -0.3 is 0 Å². The molecule has 1 nitrogen and oxygen atoms in total. The predicted molar refractivity (Wildman–Crippen MR) is 62.6 cm³/mol. The van der Waals surface area contributed by atoms with Crippen molar-refractivity contribution in [1.29, 1.82) is 0 Å². The van der Waals surface area contributed by atoms with Crippen LogP contribution in [0.2, 0.25) is 0 Å². The van der Waals surface area contributed by atoms with E-state index in [1.165, 1.54) is 5.56 Å². The van der Waals surface area contributed by atoms with Crippen LogP contribution in [0.15, 0.2) is 32.1 Å². The molecule has 1 aliphatic heterocycles. The molecule has 2 rings (SSSR count). The van der Waals surface area contributed by atoms with Gasteiger partial charge in [0, 0.05) is 21.4 Å². The van der Waals surface area contributed by atoms with E-state index in [-0.39, 0.29) is 0 Å². The van der Waals surface area contributed by atoms with E-state index >= 15 is 0 Å². The largest absolute Gasteiger partial charge is 0.297 e. The third-order valence-electron chi connectivity index (χ3n) is 2.26. The second-order valence-corrected chi connectivity index (χ2v) is 4.86. The Bertz CT molecular complexity index is 339. The van der Waals surface area contributed by atoms with Crippen LogP contribution >= 0.6 is 31.9 Å². The minimum Gasteiger partial charge on any atom is -0.297 e. The third-order valence-corrected chi connectivity index (χ3v) is 4.14. The highest BCUT2D eigenvalue weighted by molar-refractivity contribution is 9.13. The van der Waals surface area contributed by atoms with Gasteiger partial charge in [0.1, 0.15) is 0 Å². The summed E-state index contributed by atoms with van der Waals surface area (Å²) in [5, 5.41) is 0.